The van der Waals surface area contributed by atoms with Gasteiger partial charge in [-0.1, -0.05) is 82.2 Å². The largest absolute Gasteiger partial charge is 0.228 e. The zero-order valence-electron chi connectivity index (χ0n) is 12.6. The summed E-state index contributed by atoms with van der Waals surface area (Å²) < 4.78 is 23.8. The lowest BCUT2D eigenvalue weighted by atomic mass is 10.1. The number of rotatable bonds is 11. The fourth-order valence-corrected chi connectivity index (χ4v) is 3.53. The van der Waals surface area contributed by atoms with Gasteiger partial charge in [-0.3, -0.25) is 0 Å². The quantitative estimate of drug-likeness (QED) is 0.552. The van der Waals surface area contributed by atoms with Crippen molar-refractivity contribution < 1.29 is 8.42 Å². The number of sulfone groups is 1. The van der Waals surface area contributed by atoms with E-state index in [2.05, 4.69) is 6.92 Å². The summed E-state index contributed by atoms with van der Waals surface area (Å²) in [7, 11) is -3.06. The molecule has 3 heteroatoms. The summed E-state index contributed by atoms with van der Waals surface area (Å²) in [6, 6.07) is 9.26. The van der Waals surface area contributed by atoms with Gasteiger partial charge < -0.3 is 0 Å². The van der Waals surface area contributed by atoms with Crippen LogP contribution in [0.3, 0.4) is 0 Å². The highest BCUT2D eigenvalue weighted by Crippen LogP contribution is 2.13. The smallest absolute Gasteiger partial charge is 0.158 e. The van der Waals surface area contributed by atoms with Gasteiger partial charge >= 0.3 is 0 Å². The lowest BCUT2D eigenvalue weighted by Gasteiger charge is -2.04. The Morgan fingerprint density at radius 3 is 2.00 bits per heavy atom. The summed E-state index contributed by atoms with van der Waals surface area (Å²) in [6.07, 6.45) is 9.39. The van der Waals surface area contributed by atoms with Gasteiger partial charge in [0.25, 0.3) is 0 Å². The molecule has 0 aliphatic heterocycles. The molecule has 1 aromatic rings. The van der Waals surface area contributed by atoms with E-state index in [0.29, 0.717) is 0 Å². The van der Waals surface area contributed by atoms with Gasteiger partial charge in [-0.05, 0) is 12.0 Å². The summed E-state index contributed by atoms with van der Waals surface area (Å²) in [5, 5.41) is 0. The Hall–Kier alpha value is -0.830. The van der Waals surface area contributed by atoms with Crippen LogP contribution in [0.5, 0.6) is 0 Å². The molecule has 0 bridgehead atoms. The molecule has 20 heavy (non-hydrogen) atoms. The first-order valence-electron chi connectivity index (χ1n) is 7.76. The van der Waals surface area contributed by atoms with Crippen molar-refractivity contribution in [3.05, 3.63) is 41.6 Å². The van der Waals surface area contributed by atoms with Crippen LogP contribution in [0.1, 0.15) is 63.9 Å². The van der Waals surface area contributed by atoms with E-state index in [1.165, 1.54) is 37.9 Å². The first kappa shape index (κ1) is 17.2. The van der Waals surface area contributed by atoms with Crippen molar-refractivity contribution in [2.24, 2.45) is 0 Å². The summed E-state index contributed by atoms with van der Waals surface area (Å²) in [5.74, 6) is 1.67. The molecule has 0 atom stereocenters. The van der Waals surface area contributed by atoms with Crippen molar-refractivity contribution in [2.45, 2.75) is 58.3 Å². The highest BCUT2D eigenvalue weighted by Gasteiger charge is 2.11. The highest BCUT2D eigenvalue weighted by molar-refractivity contribution is 7.93. The molecule has 0 saturated carbocycles. The lowest BCUT2D eigenvalue weighted by molar-refractivity contribution is 0.575. The molecular formula is C17H27O2S. The third-order valence-electron chi connectivity index (χ3n) is 3.40. The molecule has 0 fully saturated rings. The van der Waals surface area contributed by atoms with E-state index in [1.807, 2.05) is 30.3 Å². The van der Waals surface area contributed by atoms with Crippen LogP contribution in [0, 0.1) is 5.75 Å². The molecule has 0 N–H and O–H groups in total. The second-order valence-corrected chi connectivity index (χ2v) is 7.34. The van der Waals surface area contributed by atoms with E-state index in [4.69, 9.17) is 0 Å². The van der Waals surface area contributed by atoms with Gasteiger partial charge in [-0.15, -0.1) is 0 Å². The van der Waals surface area contributed by atoms with Crippen LogP contribution in [-0.4, -0.2) is 14.2 Å². The van der Waals surface area contributed by atoms with E-state index in [9.17, 15) is 8.42 Å². The number of hydrogen-bond acceptors (Lipinski definition) is 2. The Morgan fingerprint density at radius 2 is 1.40 bits per heavy atom. The third-order valence-corrected chi connectivity index (χ3v) is 4.89. The maximum absolute atomic E-state index is 11.9. The van der Waals surface area contributed by atoms with E-state index >= 15 is 0 Å². The standard InChI is InChI=1S/C17H27O2S/c1-2-3-4-5-6-7-8-12-15-20(18,19)16-17-13-10-9-11-14-17/h9-11,13-14,16H,2-8,12,15H2,1H3. The predicted molar refractivity (Wildman–Crippen MR) is 86.2 cm³/mol. The van der Waals surface area contributed by atoms with Crippen molar-refractivity contribution in [3.63, 3.8) is 0 Å². The van der Waals surface area contributed by atoms with E-state index < -0.39 is 9.84 Å². The fourth-order valence-electron chi connectivity index (χ4n) is 2.23. The lowest BCUT2D eigenvalue weighted by Crippen LogP contribution is -2.07. The number of benzene rings is 1. The minimum atomic E-state index is -3.06. The molecule has 0 spiro atoms. The van der Waals surface area contributed by atoms with Crippen molar-refractivity contribution in [2.75, 3.05) is 5.75 Å². The molecular weight excluding hydrogens is 268 g/mol. The molecule has 1 aromatic carbocycles. The van der Waals surface area contributed by atoms with Crippen LogP contribution in [0.15, 0.2) is 30.3 Å². The second-order valence-electron chi connectivity index (χ2n) is 5.37. The normalized spacial score (nSPS) is 11.7. The highest BCUT2D eigenvalue weighted by atomic mass is 32.2. The zero-order valence-corrected chi connectivity index (χ0v) is 13.4. The molecule has 0 saturated heterocycles. The average molecular weight is 295 g/mol. The summed E-state index contributed by atoms with van der Waals surface area (Å²) in [5.41, 5.74) is 0.770. The van der Waals surface area contributed by atoms with Crippen molar-refractivity contribution in [1.82, 2.24) is 0 Å². The van der Waals surface area contributed by atoms with Crippen LogP contribution in [0.2, 0.25) is 0 Å². The van der Waals surface area contributed by atoms with Crippen LogP contribution in [0.25, 0.3) is 0 Å². The van der Waals surface area contributed by atoms with Crippen molar-refractivity contribution in [3.8, 4) is 0 Å². The summed E-state index contributed by atoms with van der Waals surface area (Å²) in [4.78, 5) is 0. The van der Waals surface area contributed by atoms with Gasteiger partial charge in [0.05, 0.1) is 5.75 Å². The number of unbranched alkanes of at least 4 members (excludes halogenated alkanes) is 7. The van der Waals surface area contributed by atoms with Crippen molar-refractivity contribution >= 4 is 9.84 Å². The predicted octanol–water partition coefficient (Wildman–Crippen LogP) is 4.75. The van der Waals surface area contributed by atoms with Crippen LogP contribution in [-0.2, 0) is 9.84 Å². The first-order chi connectivity index (χ1) is 9.64. The Labute approximate surface area is 124 Å². The Balaban J connectivity index is 2.11. The summed E-state index contributed by atoms with van der Waals surface area (Å²) in [6.45, 7) is 2.22. The van der Waals surface area contributed by atoms with Crippen LogP contribution < -0.4 is 0 Å². The Bertz CT molecular complexity index is 437. The molecule has 1 rings (SSSR count). The molecule has 0 heterocycles. The minimum Gasteiger partial charge on any atom is -0.228 e. The molecule has 2 nitrogen and oxygen atoms in total. The van der Waals surface area contributed by atoms with Gasteiger partial charge in [0.1, 0.15) is 5.75 Å². The molecule has 0 aliphatic carbocycles. The maximum Gasteiger partial charge on any atom is 0.158 e. The monoisotopic (exact) mass is 295 g/mol. The summed E-state index contributed by atoms with van der Waals surface area (Å²) >= 11 is 0. The molecule has 0 aliphatic rings. The molecule has 1 radical (unpaired) electrons. The first-order valence-corrected chi connectivity index (χ1v) is 9.48. The third kappa shape index (κ3) is 8.36. The van der Waals surface area contributed by atoms with E-state index in [0.717, 1.165) is 24.8 Å². The van der Waals surface area contributed by atoms with Gasteiger partial charge in [-0.2, -0.15) is 0 Å². The second kappa shape index (κ2) is 9.98. The van der Waals surface area contributed by atoms with Crippen molar-refractivity contribution in [1.29, 1.82) is 0 Å². The molecule has 0 aromatic heterocycles. The Kier molecular flexibility index (Phi) is 8.59. The maximum atomic E-state index is 11.9. The zero-order chi connectivity index (χ0) is 14.7. The fraction of sp³-hybridized carbons (Fsp3) is 0.588. The van der Waals surface area contributed by atoms with Crippen LogP contribution in [0.4, 0.5) is 0 Å². The Morgan fingerprint density at radius 1 is 0.850 bits per heavy atom. The van der Waals surface area contributed by atoms with Gasteiger partial charge in [0.15, 0.2) is 9.84 Å². The van der Waals surface area contributed by atoms with Crippen LogP contribution >= 0.6 is 0 Å². The van der Waals surface area contributed by atoms with E-state index in [1.54, 1.807) is 0 Å². The van der Waals surface area contributed by atoms with Gasteiger partial charge in [0.2, 0.25) is 0 Å². The van der Waals surface area contributed by atoms with E-state index in [-0.39, 0.29) is 5.75 Å². The SMILES string of the molecule is CCCCCCCCCCS(=O)(=O)[CH]c1ccccc1. The average Bonchev–Trinajstić information content (AvgIpc) is 2.42. The molecule has 113 valence electrons. The molecule has 0 amide bonds. The molecule has 0 unspecified atom stereocenters. The topological polar surface area (TPSA) is 34.1 Å². The number of hydrogen-bond donors (Lipinski definition) is 0. The van der Waals surface area contributed by atoms with Gasteiger partial charge in [0, 0.05) is 0 Å². The minimum absolute atomic E-state index is 0.275. The van der Waals surface area contributed by atoms with Gasteiger partial charge in [-0.25, -0.2) is 8.42 Å².